The number of furan rings is 1. The maximum absolute atomic E-state index is 12.7. The Morgan fingerprint density at radius 2 is 2.16 bits per heavy atom. The van der Waals surface area contributed by atoms with E-state index in [1.165, 1.54) is 0 Å². The van der Waals surface area contributed by atoms with Gasteiger partial charge in [0.05, 0.1) is 17.7 Å². The van der Waals surface area contributed by atoms with Crippen LogP contribution in [0.5, 0.6) is 11.6 Å². The number of rotatable bonds is 9. The molecule has 2 heterocycles. The zero-order chi connectivity index (χ0) is 22.0. The number of carbonyl (C=O) groups excluding carboxylic acids is 2. The van der Waals surface area contributed by atoms with Gasteiger partial charge in [0.15, 0.2) is 0 Å². The summed E-state index contributed by atoms with van der Waals surface area (Å²) in [6.07, 6.45) is 3.97. The summed E-state index contributed by atoms with van der Waals surface area (Å²) in [4.78, 5) is 28.3. The molecule has 1 aromatic carbocycles. The fraction of sp³-hybridized carbons (Fsp3) is 0.318. The van der Waals surface area contributed by atoms with Crippen molar-refractivity contribution in [1.29, 1.82) is 0 Å². The minimum atomic E-state index is -1.19. The molecule has 4 rings (SSSR count). The number of hydrogen-bond acceptors (Lipinski definition) is 7. The summed E-state index contributed by atoms with van der Waals surface area (Å²) >= 11 is 0. The Bertz CT molecular complexity index is 1120. The highest BCUT2D eigenvalue weighted by Gasteiger charge is 2.26. The molecule has 2 aromatic heterocycles. The molecular formula is C22H23N3O6. The van der Waals surface area contributed by atoms with Gasteiger partial charge >= 0.3 is 0 Å². The number of aryl methyl sites for hydroxylation is 1. The standard InChI is InChI=1S/C22H23N3O6/c1-12-19(21(28)25-17(10-26)20(23)27)16-9-15(6-7-18(16)30-12)29-11-13-3-2-8-24-22(13)31-14-4-5-14/h2-3,6-9,14,17,26H,4-5,10-11H2,1H3,(H2,23,27)(H,25,28)/t17-/m0/s1. The van der Waals surface area contributed by atoms with Crippen LogP contribution in [0.2, 0.25) is 0 Å². The lowest BCUT2D eigenvalue weighted by molar-refractivity contribution is -0.120. The Labute approximate surface area is 178 Å². The van der Waals surface area contributed by atoms with Gasteiger partial charge in [0.25, 0.3) is 5.91 Å². The number of primary amides is 1. The van der Waals surface area contributed by atoms with E-state index in [1.807, 2.05) is 12.1 Å². The molecule has 1 atom stereocenters. The fourth-order valence-electron chi connectivity index (χ4n) is 3.15. The largest absolute Gasteiger partial charge is 0.489 e. The van der Waals surface area contributed by atoms with Crippen molar-refractivity contribution in [3.05, 3.63) is 53.4 Å². The van der Waals surface area contributed by atoms with Gasteiger partial charge in [0.1, 0.15) is 35.8 Å². The number of aliphatic hydroxyl groups excluding tert-OH is 1. The molecule has 1 fully saturated rings. The lowest BCUT2D eigenvalue weighted by Crippen LogP contribution is -2.46. The first-order chi connectivity index (χ1) is 15.0. The van der Waals surface area contributed by atoms with Gasteiger partial charge in [-0.15, -0.1) is 0 Å². The zero-order valence-electron chi connectivity index (χ0n) is 17.0. The normalized spacial score (nSPS) is 14.3. The quantitative estimate of drug-likeness (QED) is 0.476. The van der Waals surface area contributed by atoms with Crippen LogP contribution in [0.1, 0.15) is 34.5 Å². The number of ether oxygens (including phenoxy) is 2. The van der Waals surface area contributed by atoms with Gasteiger partial charge in [0, 0.05) is 11.6 Å². The second kappa shape index (κ2) is 8.65. The van der Waals surface area contributed by atoms with Gasteiger partial charge < -0.3 is 30.0 Å². The number of pyridine rings is 1. The monoisotopic (exact) mass is 425 g/mol. The maximum Gasteiger partial charge on any atom is 0.256 e. The predicted octanol–water partition coefficient (Wildman–Crippen LogP) is 1.83. The molecule has 0 radical (unpaired) electrons. The third kappa shape index (κ3) is 4.61. The van der Waals surface area contributed by atoms with Crippen molar-refractivity contribution in [2.75, 3.05) is 6.61 Å². The molecule has 0 unspecified atom stereocenters. The topological polar surface area (TPSA) is 137 Å². The highest BCUT2D eigenvalue weighted by molar-refractivity contribution is 6.08. The summed E-state index contributed by atoms with van der Waals surface area (Å²) in [5.74, 6) is 0.0619. The lowest BCUT2D eigenvalue weighted by Gasteiger charge is -2.12. The van der Waals surface area contributed by atoms with E-state index < -0.39 is 24.5 Å². The van der Waals surface area contributed by atoms with Crippen molar-refractivity contribution in [3.63, 3.8) is 0 Å². The number of amides is 2. The van der Waals surface area contributed by atoms with Crippen molar-refractivity contribution in [1.82, 2.24) is 10.3 Å². The number of aliphatic hydroxyl groups is 1. The summed E-state index contributed by atoms with van der Waals surface area (Å²) in [5.41, 5.74) is 6.76. The van der Waals surface area contributed by atoms with Crippen molar-refractivity contribution in [2.24, 2.45) is 5.73 Å². The number of benzene rings is 1. The summed E-state index contributed by atoms with van der Waals surface area (Å²) in [5, 5.41) is 12.2. The first-order valence-corrected chi connectivity index (χ1v) is 9.93. The van der Waals surface area contributed by atoms with Gasteiger partial charge in [-0.1, -0.05) is 0 Å². The summed E-state index contributed by atoms with van der Waals surface area (Å²) in [6, 6.07) is 7.66. The number of hydrogen-bond donors (Lipinski definition) is 3. The Morgan fingerprint density at radius 3 is 2.87 bits per heavy atom. The Kier molecular flexibility index (Phi) is 5.77. The Balaban J connectivity index is 1.55. The molecule has 2 amide bonds. The maximum atomic E-state index is 12.7. The van der Waals surface area contributed by atoms with Crippen LogP contribution in [0.25, 0.3) is 11.0 Å². The van der Waals surface area contributed by atoms with Crippen LogP contribution in [0.3, 0.4) is 0 Å². The molecule has 31 heavy (non-hydrogen) atoms. The number of aromatic nitrogens is 1. The Morgan fingerprint density at radius 1 is 1.35 bits per heavy atom. The van der Waals surface area contributed by atoms with E-state index in [9.17, 15) is 14.7 Å². The average Bonchev–Trinajstić information content (AvgIpc) is 3.50. The highest BCUT2D eigenvalue weighted by Crippen LogP contribution is 2.31. The summed E-state index contributed by atoms with van der Waals surface area (Å²) in [6.45, 7) is 1.29. The number of fused-ring (bicyclic) bond motifs is 1. The average molecular weight is 425 g/mol. The minimum Gasteiger partial charge on any atom is -0.489 e. The van der Waals surface area contributed by atoms with Crippen LogP contribution < -0.4 is 20.5 Å². The summed E-state index contributed by atoms with van der Waals surface area (Å²) in [7, 11) is 0. The number of nitrogens with zero attached hydrogens (tertiary/aromatic N) is 1. The van der Waals surface area contributed by atoms with Gasteiger partial charge in [-0.25, -0.2) is 4.98 Å². The van der Waals surface area contributed by atoms with Gasteiger partial charge in [-0.2, -0.15) is 0 Å². The van der Waals surface area contributed by atoms with E-state index in [2.05, 4.69) is 10.3 Å². The number of carbonyl (C=O) groups is 2. The smallest absolute Gasteiger partial charge is 0.256 e. The van der Waals surface area contributed by atoms with Crippen LogP contribution in [0.4, 0.5) is 0 Å². The summed E-state index contributed by atoms with van der Waals surface area (Å²) < 4.78 is 17.4. The molecule has 0 saturated heterocycles. The van der Waals surface area contributed by atoms with Crippen molar-refractivity contribution in [2.45, 2.75) is 38.5 Å². The van der Waals surface area contributed by atoms with E-state index in [0.29, 0.717) is 28.4 Å². The van der Waals surface area contributed by atoms with E-state index in [1.54, 1.807) is 31.3 Å². The third-order valence-electron chi connectivity index (χ3n) is 4.94. The molecule has 4 N–H and O–H groups in total. The molecular weight excluding hydrogens is 402 g/mol. The van der Waals surface area contributed by atoms with Crippen LogP contribution in [-0.2, 0) is 11.4 Å². The molecule has 3 aromatic rings. The molecule has 1 aliphatic rings. The first-order valence-electron chi connectivity index (χ1n) is 9.93. The van der Waals surface area contributed by atoms with Crippen LogP contribution in [-0.4, -0.2) is 40.7 Å². The highest BCUT2D eigenvalue weighted by atomic mass is 16.5. The van der Waals surface area contributed by atoms with Crippen LogP contribution in [0.15, 0.2) is 40.9 Å². The molecule has 9 nitrogen and oxygen atoms in total. The van der Waals surface area contributed by atoms with Crippen molar-refractivity contribution in [3.8, 4) is 11.6 Å². The SMILES string of the molecule is Cc1oc2ccc(OCc3cccnc3OC3CC3)cc2c1C(=O)N[C@@H](CO)C(N)=O. The molecule has 162 valence electrons. The molecule has 9 heteroatoms. The van der Waals surface area contributed by atoms with Gasteiger partial charge in [-0.3, -0.25) is 9.59 Å². The van der Waals surface area contributed by atoms with Crippen LogP contribution >= 0.6 is 0 Å². The van der Waals surface area contributed by atoms with Crippen LogP contribution in [0, 0.1) is 6.92 Å². The number of nitrogens with two attached hydrogens (primary N) is 1. The second-order valence-electron chi connectivity index (χ2n) is 7.38. The molecule has 0 aliphatic heterocycles. The predicted molar refractivity (Wildman–Crippen MR) is 111 cm³/mol. The zero-order valence-corrected chi connectivity index (χ0v) is 17.0. The minimum absolute atomic E-state index is 0.225. The number of nitrogens with one attached hydrogen (secondary N) is 1. The molecule has 1 aliphatic carbocycles. The van der Waals surface area contributed by atoms with E-state index >= 15 is 0 Å². The first kappa shape index (κ1) is 20.7. The third-order valence-corrected chi connectivity index (χ3v) is 4.94. The van der Waals surface area contributed by atoms with E-state index in [0.717, 1.165) is 18.4 Å². The van der Waals surface area contributed by atoms with Gasteiger partial charge in [0.2, 0.25) is 11.8 Å². The molecule has 0 spiro atoms. The second-order valence-corrected chi connectivity index (χ2v) is 7.38. The van der Waals surface area contributed by atoms with Crippen molar-refractivity contribution < 1.29 is 28.6 Å². The fourth-order valence-corrected chi connectivity index (χ4v) is 3.15. The van der Waals surface area contributed by atoms with Crippen molar-refractivity contribution >= 4 is 22.8 Å². The van der Waals surface area contributed by atoms with Gasteiger partial charge in [-0.05, 0) is 50.1 Å². The molecule has 0 bridgehead atoms. The van der Waals surface area contributed by atoms with E-state index in [4.69, 9.17) is 19.6 Å². The molecule has 1 saturated carbocycles. The lowest BCUT2D eigenvalue weighted by atomic mass is 10.1. The van der Waals surface area contributed by atoms with E-state index in [-0.39, 0.29) is 18.3 Å². The Hall–Kier alpha value is -3.59.